The third kappa shape index (κ3) is 4.04. The SMILES string of the molecule is CC(C)c1ccccc1-c1cccc(S(=O)(=O)Nc2ccsc2C(=O)O)c1. The number of carbonyl (C=O) groups is 1. The fraction of sp³-hybridized carbons (Fsp3) is 0.150. The number of sulfonamides is 1. The van der Waals surface area contributed by atoms with Gasteiger partial charge in [-0.3, -0.25) is 4.72 Å². The third-order valence-electron chi connectivity index (χ3n) is 4.14. The molecule has 0 radical (unpaired) electrons. The molecule has 0 unspecified atom stereocenters. The number of benzene rings is 2. The zero-order chi connectivity index (χ0) is 19.6. The monoisotopic (exact) mass is 401 g/mol. The van der Waals surface area contributed by atoms with Crippen LogP contribution in [0.1, 0.15) is 35.0 Å². The minimum Gasteiger partial charge on any atom is -0.477 e. The Bertz CT molecular complexity index is 1080. The molecule has 2 N–H and O–H groups in total. The van der Waals surface area contributed by atoms with Crippen molar-refractivity contribution >= 4 is 33.0 Å². The van der Waals surface area contributed by atoms with Gasteiger partial charge >= 0.3 is 5.97 Å². The molecule has 7 heteroatoms. The summed E-state index contributed by atoms with van der Waals surface area (Å²) in [5.74, 6) is -0.870. The molecule has 0 aliphatic carbocycles. The molecule has 2 aromatic carbocycles. The van der Waals surface area contributed by atoms with Gasteiger partial charge in [0.2, 0.25) is 0 Å². The summed E-state index contributed by atoms with van der Waals surface area (Å²) in [6, 6.07) is 16.0. The van der Waals surface area contributed by atoms with Crippen LogP contribution in [0, 0.1) is 0 Å². The Morgan fingerprint density at radius 2 is 1.81 bits per heavy atom. The molecule has 0 saturated carbocycles. The molecule has 0 aliphatic heterocycles. The van der Waals surface area contributed by atoms with Gasteiger partial charge in [0.25, 0.3) is 10.0 Å². The van der Waals surface area contributed by atoms with Gasteiger partial charge in [-0.25, -0.2) is 13.2 Å². The van der Waals surface area contributed by atoms with E-state index in [9.17, 15) is 18.3 Å². The fourth-order valence-corrected chi connectivity index (χ4v) is 4.72. The van der Waals surface area contributed by atoms with Crippen molar-refractivity contribution in [3.05, 3.63) is 70.4 Å². The van der Waals surface area contributed by atoms with Crippen molar-refractivity contribution in [3.63, 3.8) is 0 Å². The van der Waals surface area contributed by atoms with Crippen molar-refractivity contribution in [2.45, 2.75) is 24.7 Å². The van der Waals surface area contributed by atoms with Gasteiger partial charge in [0, 0.05) is 0 Å². The number of anilines is 1. The number of rotatable bonds is 6. The Morgan fingerprint density at radius 1 is 1.07 bits per heavy atom. The highest BCUT2D eigenvalue weighted by atomic mass is 32.2. The van der Waals surface area contributed by atoms with Crippen LogP contribution in [0.25, 0.3) is 11.1 Å². The van der Waals surface area contributed by atoms with Crippen molar-refractivity contribution in [3.8, 4) is 11.1 Å². The average molecular weight is 402 g/mol. The Kier molecular flexibility index (Phi) is 5.34. The third-order valence-corrected chi connectivity index (χ3v) is 6.41. The molecule has 3 aromatic rings. The summed E-state index contributed by atoms with van der Waals surface area (Å²) in [4.78, 5) is 11.3. The Labute approximate surface area is 162 Å². The maximum absolute atomic E-state index is 12.8. The average Bonchev–Trinajstić information content (AvgIpc) is 3.09. The predicted molar refractivity (Wildman–Crippen MR) is 108 cm³/mol. The lowest BCUT2D eigenvalue weighted by Gasteiger charge is -2.14. The van der Waals surface area contributed by atoms with Gasteiger partial charge in [0.15, 0.2) is 0 Å². The second-order valence-corrected chi connectivity index (χ2v) is 8.94. The second kappa shape index (κ2) is 7.54. The summed E-state index contributed by atoms with van der Waals surface area (Å²) >= 11 is 0.972. The molecular weight excluding hydrogens is 382 g/mol. The first-order valence-corrected chi connectivity index (χ1v) is 10.7. The van der Waals surface area contributed by atoms with Crippen LogP contribution < -0.4 is 4.72 Å². The van der Waals surface area contributed by atoms with Gasteiger partial charge in [-0.2, -0.15) is 0 Å². The first-order chi connectivity index (χ1) is 12.8. The molecule has 0 saturated heterocycles. The Balaban J connectivity index is 2.00. The highest BCUT2D eigenvalue weighted by Crippen LogP contribution is 2.31. The summed E-state index contributed by atoms with van der Waals surface area (Å²) in [5, 5.41) is 10.7. The quantitative estimate of drug-likeness (QED) is 0.606. The van der Waals surface area contributed by atoms with Crippen molar-refractivity contribution in [2.75, 3.05) is 4.72 Å². The van der Waals surface area contributed by atoms with E-state index in [4.69, 9.17) is 0 Å². The standard InChI is InChI=1S/C20H19NO4S2/c1-13(2)16-8-3-4-9-17(16)14-6-5-7-15(12-14)27(24,25)21-18-10-11-26-19(18)20(22)23/h3-13,21H,1-2H3,(H,22,23). The summed E-state index contributed by atoms with van der Waals surface area (Å²) in [5.41, 5.74) is 2.98. The Morgan fingerprint density at radius 3 is 2.52 bits per heavy atom. The van der Waals surface area contributed by atoms with Crippen molar-refractivity contribution < 1.29 is 18.3 Å². The van der Waals surface area contributed by atoms with Gasteiger partial charge in [-0.1, -0.05) is 50.2 Å². The van der Waals surface area contributed by atoms with E-state index >= 15 is 0 Å². The molecule has 0 atom stereocenters. The lowest BCUT2D eigenvalue weighted by Crippen LogP contribution is -2.14. The highest BCUT2D eigenvalue weighted by molar-refractivity contribution is 7.92. The van der Waals surface area contributed by atoms with Crippen molar-refractivity contribution in [1.82, 2.24) is 0 Å². The van der Waals surface area contributed by atoms with E-state index in [0.29, 0.717) is 5.92 Å². The maximum atomic E-state index is 12.8. The lowest BCUT2D eigenvalue weighted by molar-refractivity contribution is 0.0703. The molecule has 27 heavy (non-hydrogen) atoms. The van der Waals surface area contributed by atoms with Crippen LogP contribution in [-0.4, -0.2) is 19.5 Å². The molecular formula is C20H19NO4S2. The minimum atomic E-state index is -3.91. The molecule has 0 spiro atoms. The Hall–Kier alpha value is -2.64. The number of hydrogen-bond donors (Lipinski definition) is 2. The van der Waals surface area contributed by atoms with Crippen LogP contribution in [0.5, 0.6) is 0 Å². The number of carboxylic acids is 1. The normalized spacial score (nSPS) is 11.5. The number of thiophene rings is 1. The van der Waals surface area contributed by atoms with Crippen LogP contribution in [-0.2, 0) is 10.0 Å². The summed E-state index contributed by atoms with van der Waals surface area (Å²) in [6.07, 6.45) is 0. The molecule has 0 fully saturated rings. The first kappa shape index (κ1) is 19.1. The molecule has 0 bridgehead atoms. The summed E-state index contributed by atoms with van der Waals surface area (Å²) in [7, 11) is -3.91. The van der Waals surface area contributed by atoms with Gasteiger partial charge < -0.3 is 5.11 Å². The fourth-order valence-electron chi connectivity index (χ4n) is 2.85. The topological polar surface area (TPSA) is 83.5 Å². The molecule has 1 aromatic heterocycles. The van der Waals surface area contributed by atoms with Crippen molar-refractivity contribution in [1.29, 1.82) is 0 Å². The van der Waals surface area contributed by atoms with Crippen LogP contribution >= 0.6 is 11.3 Å². The molecule has 0 aliphatic rings. The number of hydrogen-bond acceptors (Lipinski definition) is 4. The van der Waals surface area contributed by atoms with E-state index in [2.05, 4.69) is 18.6 Å². The predicted octanol–water partition coefficient (Wildman–Crippen LogP) is 5.04. The molecule has 3 rings (SSSR count). The molecule has 140 valence electrons. The largest absolute Gasteiger partial charge is 0.477 e. The van der Waals surface area contributed by atoms with Crippen LogP contribution in [0.15, 0.2) is 64.9 Å². The zero-order valence-corrected chi connectivity index (χ0v) is 16.5. The minimum absolute atomic E-state index is 0.0418. The van der Waals surface area contributed by atoms with Gasteiger partial charge in [0.1, 0.15) is 4.88 Å². The second-order valence-electron chi connectivity index (χ2n) is 6.34. The van der Waals surface area contributed by atoms with Crippen LogP contribution in [0.2, 0.25) is 0 Å². The number of carboxylic acid groups (broad SMARTS) is 1. The van der Waals surface area contributed by atoms with Crippen molar-refractivity contribution in [2.24, 2.45) is 0 Å². The number of aromatic carboxylic acids is 1. The van der Waals surface area contributed by atoms with E-state index in [-0.39, 0.29) is 15.5 Å². The number of nitrogens with one attached hydrogen (secondary N) is 1. The van der Waals surface area contributed by atoms with E-state index in [0.717, 1.165) is 28.0 Å². The van der Waals surface area contributed by atoms with Gasteiger partial charge in [0.05, 0.1) is 10.6 Å². The molecule has 0 amide bonds. The van der Waals surface area contributed by atoms with Crippen LogP contribution in [0.3, 0.4) is 0 Å². The highest BCUT2D eigenvalue weighted by Gasteiger charge is 2.20. The summed E-state index contributed by atoms with van der Waals surface area (Å²) < 4.78 is 27.9. The molecule has 1 heterocycles. The first-order valence-electron chi connectivity index (χ1n) is 8.32. The zero-order valence-electron chi connectivity index (χ0n) is 14.8. The van der Waals surface area contributed by atoms with Gasteiger partial charge in [-0.15, -0.1) is 11.3 Å². The molecule has 5 nitrogen and oxygen atoms in total. The van der Waals surface area contributed by atoms with E-state index < -0.39 is 16.0 Å². The smallest absolute Gasteiger partial charge is 0.348 e. The lowest BCUT2D eigenvalue weighted by atomic mass is 9.93. The maximum Gasteiger partial charge on any atom is 0.348 e. The summed E-state index contributed by atoms with van der Waals surface area (Å²) in [6.45, 7) is 4.18. The van der Waals surface area contributed by atoms with E-state index in [1.807, 2.05) is 30.3 Å². The van der Waals surface area contributed by atoms with Gasteiger partial charge in [-0.05, 0) is 46.2 Å². The van der Waals surface area contributed by atoms with E-state index in [1.165, 1.54) is 17.5 Å². The van der Waals surface area contributed by atoms with E-state index in [1.54, 1.807) is 12.1 Å². The van der Waals surface area contributed by atoms with Crippen LogP contribution in [0.4, 0.5) is 5.69 Å².